The summed E-state index contributed by atoms with van der Waals surface area (Å²) in [5.41, 5.74) is 6.20. The molecule has 1 atom stereocenters. The third-order valence-corrected chi connectivity index (χ3v) is 6.04. The van der Waals surface area contributed by atoms with Gasteiger partial charge in [-0.15, -0.1) is 0 Å². The zero-order valence-corrected chi connectivity index (χ0v) is 19.8. The molecule has 3 aromatic rings. The van der Waals surface area contributed by atoms with Crippen LogP contribution in [0.5, 0.6) is 0 Å². The van der Waals surface area contributed by atoms with Crippen molar-refractivity contribution in [2.45, 2.75) is 12.6 Å². The van der Waals surface area contributed by atoms with Crippen LogP contribution in [0.15, 0.2) is 48.8 Å². The maximum absolute atomic E-state index is 13.3. The Kier molecular flexibility index (Phi) is 7.61. The molecule has 4 N–H and O–H groups in total. The number of anilines is 1. The van der Waals surface area contributed by atoms with Gasteiger partial charge in [0, 0.05) is 37.6 Å². The van der Waals surface area contributed by atoms with E-state index in [9.17, 15) is 23.2 Å². The van der Waals surface area contributed by atoms with Crippen molar-refractivity contribution in [1.82, 2.24) is 19.8 Å². The molecule has 12 heteroatoms. The van der Waals surface area contributed by atoms with Gasteiger partial charge in [0.1, 0.15) is 24.0 Å². The lowest BCUT2D eigenvalue weighted by atomic mass is 10.2. The molecular weight excluding hydrogens is 494 g/mol. The smallest absolute Gasteiger partial charge is 0.270 e. The second-order valence-corrected chi connectivity index (χ2v) is 8.65. The second kappa shape index (κ2) is 10.8. The first kappa shape index (κ1) is 25.3. The van der Waals surface area contributed by atoms with Crippen LogP contribution in [0, 0.1) is 5.82 Å². The van der Waals surface area contributed by atoms with Gasteiger partial charge in [-0.05, 0) is 48.9 Å². The highest BCUT2D eigenvalue weighted by atomic mass is 35.5. The van der Waals surface area contributed by atoms with Crippen LogP contribution in [-0.4, -0.2) is 64.5 Å². The van der Waals surface area contributed by atoms with Gasteiger partial charge in [0.15, 0.2) is 5.69 Å². The Labute approximate surface area is 210 Å². The number of aromatic nitrogens is 2. The zero-order valence-electron chi connectivity index (χ0n) is 19.0. The number of alkyl halides is 1. The van der Waals surface area contributed by atoms with Crippen molar-refractivity contribution >= 4 is 35.0 Å². The molecule has 1 aliphatic heterocycles. The first-order valence-corrected chi connectivity index (χ1v) is 11.5. The summed E-state index contributed by atoms with van der Waals surface area (Å²) in [5, 5.41) is 5.37. The molecule has 1 fully saturated rings. The molecule has 3 amide bonds. The Hall–Kier alpha value is -3.83. The molecule has 36 heavy (non-hydrogen) atoms. The molecule has 2 heterocycles. The highest BCUT2D eigenvalue weighted by molar-refractivity contribution is 6.34. The number of nitrogens with zero attached hydrogens (tertiary/aromatic N) is 3. The van der Waals surface area contributed by atoms with E-state index < -0.39 is 29.7 Å². The van der Waals surface area contributed by atoms with Crippen LogP contribution < -0.4 is 16.4 Å². The summed E-state index contributed by atoms with van der Waals surface area (Å²) >= 11 is 5.94. The average Bonchev–Trinajstić information content (AvgIpc) is 3.46. The molecule has 9 nitrogen and oxygen atoms in total. The molecule has 1 aliphatic rings. The largest absolute Gasteiger partial charge is 0.364 e. The summed E-state index contributed by atoms with van der Waals surface area (Å²) < 4.78 is 28.0. The number of likely N-dealkylation sites (tertiary alicyclic amines) is 1. The zero-order chi connectivity index (χ0) is 25.8. The fourth-order valence-corrected chi connectivity index (χ4v) is 4.17. The Morgan fingerprint density at radius 1 is 1.14 bits per heavy atom. The van der Waals surface area contributed by atoms with Gasteiger partial charge in [0.25, 0.3) is 17.7 Å². The fraction of sp³-hybridized carbons (Fsp3) is 0.250. The van der Waals surface area contributed by atoms with Crippen molar-refractivity contribution in [3.63, 3.8) is 0 Å². The summed E-state index contributed by atoms with van der Waals surface area (Å²) in [6.07, 6.45) is 0.915. The maximum Gasteiger partial charge on any atom is 0.270 e. The van der Waals surface area contributed by atoms with E-state index in [1.807, 2.05) is 4.90 Å². The van der Waals surface area contributed by atoms with Gasteiger partial charge in [0.2, 0.25) is 0 Å². The van der Waals surface area contributed by atoms with Crippen molar-refractivity contribution in [2.24, 2.45) is 5.73 Å². The van der Waals surface area contributed by atoms with Crippen LogP contribution >= 0.6 is 11.6 Å². The summed E-state index contributed by atoms with van der Waals surface area (Å²) in [6, 6.07) is 9.84. The molecule has 0 unspecified atom stereocenters. The highest BCUT2D eigenvalue weighted by Crippen LogP contribution is 2.21. The summed E-state index contributed by atoms with van der Waals surface area (Å²) in [6.45, 7) is 1.68. The first-order valence-electron chi connectivity index (χ1n) is 11.1. The predicted molar refractivity (Wildman–Crippen MR) is 130 cm³/mol. The number of carbonyl (C=O) groups is 3. The molecular formula is C24H23ClF2N6O3. The Bertz CT molecular complexity index is 1300. The minimum Gasteiger partial charge on any atom is -0.364 e. The number of imidazole rings is 1. The van der Waals surface area contributed by atoms with E-state index in [-0.39, 0.29) is 28.5 Å². The summed E-state index contributed by atoms with van der Waals surface area (Å²) in [5.74, 6) is -2.50. The molecule has 0 saturated carbocycles. The SMILES string of the molecule is NC(=O)c1ncn(-c2ccc(NC(=O)c3ccc(F)cc3Cl)cc2)c1C(=O)NCCN1CC[C@@H](F)C1. The van der Waals surface area contributed by atoms with Crippen molar-refractivity contribution in [3.8, 4) is 5.69 Å². The molecule has 1 aromatic heterocycles. The average molecular weight is 517 g/mol. The van der Waals surface area contributed by atoms with E-state index in [1.54, 1.807) is 24.3 Å². The number of nitrogens with one attached hydrogen (secondary N) is 2. The van der Waals surface area contributed by atoms with E-state index in [0.29, 0.717) is 37.4 Å². The molecule has 0 spiro atoms. The predicted octanol–water partition coefficient (Wildman–Crippen LogP) is 2.79. The van der Waals surface area contributed by atoms with Crippen molar-refractivity contribution < 1.29 is 23.2 Å². The molecule has 4 rings (SSSR count). The standard InChI is InChI=1S/C24H23ClF2N6O3/c25-19-11-14(26)1-6-18(19)23(35)31-16-2-4-17(5-3-16)33-13-30-20(22(28)34)21(33)24(36)29-8-10-32-9-7-15(27)12-32/h1-6,11,13,15H,7-10,12H2,(H2,28,34)(H,29,36)(H,31,35)/t15-/m1/s1. The number of nitrogens with two attached hydrogens (primary N) is 1. The number of hydrogen-bond acceptors (Lipinski definition) is 5. The van der Waals surface area contributed by atoms with Crippen LogP contribution in [0.4, 0.5) is 14.5 Å². The van der Waals surface area contributed by atoms with Gasteiger partial charge < -0.3 is 16.4 Å². The van der Waals surface area contributed by atoms with Gasteiger partial charge >= 0.3 is 0 Å². The van der Waals surface area contributed by atoms with E-state index in [1.165, 1.54) is 17.0 Å². The van der Waals surface area contributed by atoms with Crippen LogP contribution in [0.25, 0.3) is 5.69 Å². The van der Waals surface area contributed by atoms with Gasteiger partial charge in [0.05, 0.1) is 10.6 Å². The molecule has 0 bridgehead atoms. The van der Waals surface area contributed by atoms with Crippen molar-refractivity contribution in [2.75, 3.05) is 31.5 Å². The van der Waals surface area contributed by atoms with Gasteiger partial charge in [-0.3, -0.25) is 23.9 Å². The normalized spacial score (nSPS) is 15.6. The van der Waals surface area contributed by atoms with Gasteiger partial charge in [-0.1, -0.05) is 11.6 Å². The first-order chi connectivity index (χ1) is 17.2. The molecule has 188 valence electrons. The van der Waals surface area contributed by atoms with Crippen molar-refractivity contribution in [3.05, 3.63) is 76.6 Å². The lowest BCUT2D eigenvalue weighted by Crippen LogP contribution is -2.35. The third-order valence-electron chi connectivity index (χ3n) is 5.72. The molecule has 0 aliphatic carbocycles. The Morgan fingerprint density at radius 3 is 2.53 bits per heavy atom. The number of amides is 3. The maximum atomic E-state index is 13.3. The number of hydrogen-bond donors (Lipinski definition) is 3. The van der Waals surface area contributed by atoms with Crippen LogP contribution in [0.3, 0.4) is 0 Å². The van der Waals surface area contributed by atoms with E-state index >= 15 is 0 Å². The minimum absolute atomic E-state index is 0.0218. The Balaban J connectivity index is 1.48. The fourth-order valence-electron chi connectivity index (χ4n) is 3.92. The quantitative estimate of drug-likeness (QED) is 0.425. The van der Waals surface area contributed by atoms with Gasteiger partial charge in [-0.2, -0.15) is 0 Å². The molecule has 2 aromatic carbocycles. The number of benzene rings is 2. The number of primary amides is 1. The molecule has 1 saturated heterocycles. The van der Waals surface area contributed by atoms with E-state index in [4.69, 9.17) is 17.3 Å². The number of rotatable bonds is 8. The summed E-state index contributed by atoms with van der Waals surface area (Å²) in [7, 11) is 0. The van der Waals surface area contributed by atoms with Crippen molar-refractivity contribution in [1.29, 1.82) is 0 Å². The number of halogens is 3. The van der Waals surface area contributed by atoms with Crippen LogP contribution in [0.1, 0.15) is 37.8 Å². The van der Waals surface area contributed by atoms with E-state index in [2.05, 4.69) is 15.6 Å². The second-order valence-electron chi connectivity index (χ2n) is 8.24. The molecule has 0 radical (unpaired) electrons. The highest BCUT2D eigenvalue weighted by Gasteiger charge is 2.25. The summed E-state index contributed by atoms with van der Waals surface area (Å²) in [4.78, 5) is 43.2. The van der Waals surface area contributed by atoms with E-state index in [0.717, 1.165) is 12.1 Å². The topological polar surface area (TPSA) is 122 Å². The minimum atomic E-state index is -0.862. The monoisotopic (exact) mass is 516 g/mol. The van der Waals surface area contributed by atoms with Gasteiger partial charge in [-0.25, -0.2) is 13.8 Å². The lowest BCUT2D eigenvalue weighted by molar-refractivity contribution is 0.0925. The van der Waals surface area contributed by atoms with Crippen LogP contribution in [-0.2, 0) is 0 Å². The lowest BCUT2D eigenvalue weighted by Gasteiger charge is -2.15. The van der Waals surface area contributed by atoms with Crippen LogP contribution in [0.2, 0.25) is 5.02 Å². The number of carbonyl (C=O) groups excluding carboxylic acids is 3. The Morgan fingerprint density at radius 2 is 1.89 bits per heavy atom. The third kappa shape index (κ3) is 5.69.